The quantitative estimate of drug-likeness (QED) is 0.723. The smallest absolute Gasteiger partial charge is 0.226 e. The summed E-state index contributed by atoms with van der Waals surface area (Å²) in [5, 5.41) is 0. The van der Waals surface area contributed by atoms with Crippen LogP contribution in [0.1, 0.15) is 49.8 Å². The highest BCUT2D eigenvalue weighted by Gasteiger charge is 2.28. The molecular weight excluding hydrogens is 332 g/mol. The van der Waals surface area contributed by atoms with Gasteiger partial charge in [-0.1, -0.05) is 55.8 Å². The van der Waals surface area contributed by atoms with Crippen molar-refractivity contribution in [3.8, 4) is 0 Å². The number of piperidine rings is 1. The molecule has 2 aromatic carbocycles. The molecule has 1 heterocycles. The Balaban J connectivity index is 1.66. The lowest BCUT2D eigenvalue weighted by Gasteiger charge is -2.38. The number of anilines is 1. The van der Waals surface area contributed by atoms with Crippen LogP contribution in [0.2, 0.25) is 0 Å². The van der Waals surface area contributed by atoms with E-state index in [4.69, 9.17) is 0 Å². The van der Waals surface area contributed by atoms with Gasteiger partial charge in [0.25, 0.3) is 0 Å². The van der Waals surface area contributed by atoms with Crippen LogP contribution in [0.4, 0.5) is 5.69 Å². The van der Waals surface area contributed by atoms with Crippen molar-refractivity contribution >= 4 is 11.6 Å². The lowest BCUT2D eigenvalue weighted by atomic mass is 10.0. The van der Waals surface area contributed by atoms with Gasteiger partial charge in [0.15, 0.2) is 0 Å². The minimum Gasteiger partial charge on any atom is -0.309 e. The van der Waals surface area contributed by atoms with E-state index in [-0.39, 0.29) is 5.91 Å². The summed E-state index contributed by atoms with van der Waals surface area (Å²) in [6, 6.07) is 17.6. The topological polar surface area (TPSA) is 23.6 Å². The summed E-state index contributed by atoms with van der Waals surface area (Å²) in [7, 11) is 0. The third-order valence-corrected chi connectivity index (χ3v) is 5.60. The Kier molecular flexibility index (Phi) is 6.68. The predicted octanol–water partition coefficient (Wildman–Crippen LogP) is 4.97. The number of amides is 1. The van der Waals surface area contributed by atoms with E-state index in [0.717, 1.165) is 44.6 Å². The maximum atomic E-state index is 12.7. The Hall–Kier alpha value is -2.13. The van der Waals surface area contributed by atoms with Gasteiger partial charge < -0.3 is 4.90 Å². The number of carbonyl (C=O) groups excluding carboxylic acids is 1. The molecule has 144 valence electrons. The Morgan fingerprint density at radius 3 is 2.33 bits per heavy atom. The molecule has 0 radical (unpaired) electrons. The van der Waals surface area contributed by atoms with E-state index in [0.29, 0.717) is 12.5 Å². The molecule has 0 spiro atoms. The molecule has 1 aliphatic rings. The third-order valence-electron chi connectivity index (χ3n) is 5.60. The molecule has 0 atom stereocenters. The summed E-state index contributed by atoms with van der Waals surface area (Å²) in [6.45, 7) is 9.35. The van der Waals surface area contributed by atoms with Gasteiger partial charge in [-0.05, 0) is 49.4 Å². The van der Waals surface area contributed by atoms with E-state index in [1.807, 2.05) is 6.92 Å². The van der Waals surface area contributed by atoms with Crippen molar-refractivity contribution in [1.29, 1.82) is 0 Å². The normalized spacial score (nSPS) is 15.7. The van der Waals surface area contributed by atoms with Gasteiger partial charge in [-0.25, -0.2) is 0 Å². The van der Waals surface area contributed by atoms with Crippen molar-refractivity contribution < 1.29 is 4.79 Å². The second-order valence-corrected chi connectivity index (χ2v) is 7.63. The monoisotopic (exact) mass is 364 g/mol. The SMILES string of the molecule is CCC(=O)N(c1ccc(CC)cc1)C1CCN(Cc2cccc(C)c2)CC1. The van der Waals surface area contributed by atoms with Crippen molar-refractivity contribution in [2.24, 2.45) is 0 Å². The number of likely N-dealkylation sites (tertiary alicyclic amines) is 1. The van der Waals surface area contributed by atoms with Crippen molar-refractivity contribution in [2.75, 3.05) is 18.0 Å². The van der Waals surface area contributed by atoms with Crippen LogP contribution in [0.3, 0.4) is 0 Å². The first-order valence-electron chi connectivity index (χ1n) is 10.3. The Bertz CT molecular complexity index is 745. The van der Waals surface area contributed by atoms with E-state index >= 15 is 0 Å². The zero-order valence-electron chi connectivity index (χ0n) is 16.9. The summed E-state index contributed by atoms with van der Waals surface area (Å²) in [6.07, 6.45) is 3.65. The van der Waals surface area contributed by atoms with E-state index in [1.54, 1.807) is 0 Å². The van der Waals surface area contributed by atoms with Crippen molar-refractivity contribution in [2.45, 2.75) is 59.0 Å². The van der Waals surface area contributed by atoms with Crippen LogP contribution in [-0.4, -0.2) is 29.9 Å². The number of hydrogen-bond acceptors (Lipinski definition) is 2. The van der Waals surface area contributed by atoms with Gasteiger partial charge in [0.05, 0.1) is 0 Å². The Morgan fingerprint density at radius 1 is 1.04 bits per heavy atom. The molecule has 0 aromatic heterocycles. The van der Waals surface area contributed by atoms with Crippen LogP contribution in [0.5, 0.6) is 0 Å². The highest BCUT2D eigenvalue weighted by molar-refractivity contribution is 5.93. The van der Waals surface area contributed by atoms with Crippen LogP contribution in [0.15, 0.2) is 48.5 Å². The van der Waals surface area contributed by atoms with Crippen LogP contribution in [0.25, 0.3) is 0 Å². The van der Waals surface area contributed by atoms with E-state index in [1.165, 1.54) is 16.7 Å². The number of nitrogens with zero attached hydrogens (tertiary/aromatic N) is 2. The lowest BCUT2D eigenvalue weighted by Crippen LogP contribution is -2.47. The van der Waals surface area contributed by atoms with Crippen LogP contribution >= 0.6 is 0 Å². The van der Waals surface area contributed by atoms with E-state index in [2.05, 4.69) is 72.2 Å². The number of carbonyl (C=O) groups is 1. The van der Waals surface area contributed by atoms with Crippen molar-refractivity contribution in [3.05, 3.63) is 65.2 Å². The van der Waals surface area contributed by atoms with Crippen LogP contribution in [-0.2, 0) is 17.8 Å². The molecule has 0 unspecified atom stereocenters. The first-order valence-corrected chi connectivity index (χ1v) is 10.3. The fourth-order valence-electron chi connectivity index (χ4n) is 4.03. The van der Waals surface area contributed by atoms with E-state index in [9.17, 15) is 4.79 Å². The summed E-state index contributed by atoms with van der Waals surface area (Å²) in [4.78, 5) is 17.3. The van der Waals surface area contributed by atoms with Crippen molar-refractivity contribution in [3.63, 3.8) is 0 Å². The zero-order valence-corrected chi connectivity index (χ0v) is 16.9. The standard InChI is InChI=1S/C24H32N2O/c1-4-20-9-11-22(12-10-20)26(24(27)5-2)23-13-15-25(16-14-23)18-21-8-6-7-19(3)17-21/h6-12,17,23H,4-5,13-16,18H2,1-3H3. The average molecular weight is 365 g/mol. The van der Waals surface area contributed by atoms with Crippen LogP contribution < -0.4 is 4.90 Å². The first-order chi connectivity index (χ1) is 13.1. The zero-order chi connectivity index (χ0) is 19.2. The molecular formula is C24H32N2O. The average Bonchev–Trinajstić information content (AvgIpc) is 2.70. The molecule has 27 heavy (non-hydrogen) atoms. The van der Waals surface area contributed by atoms with Gasteiger partial charge in [-0.2, -0.15) is 0 Å². The molecule has 1 amide bonds. The predicted molar refractivity (Wildman–Crippen MR) is 113 cm³/mol. The minimum atomic E-state index is 0.233. The molecule has 3 rings (SSSR count). The summed E-state index contributed by atoms with van der Waals surface area (Å²) >= 11 is 0. The maximum Gasteiger partial charge on any atom is 0.226 e. The molecule has 3 nitrogen and oxygen atoms in total. The second-order valence-electron chi connectivity index (χ2n) is 7.63. The summed E-state index contributed by atoms with van der Waals surface area (Å²) in [5.74, 6) is 0.233. The Labute approximate surface area is 164 Å². The Morgan fingerprint density at radius 2 is 1.74 bits per heavy atom. The van der Waals surface area contributed by atoms with Gasteiger partial charge in [0.1, 0.15) is 0 Å². The van der Waals surface area contributed by atoms with Gasteiger partial charge in [0.2, 0.25) is 5.91 Å². The lowest BCUT2D eigenvalue weighted by molar-refractivity contribution is -0.119. The molecule has 1 fully saturated rings. The first kappa shape index (κ1) is 19.6. The second kappa shape index (κ2) is 9.18. The highest BCUT2D eigenvalue weighted by atomic mass is 16.2. The number of benzene rings is 2. The van der Waals surface area contributed by atoms with Crippen molar-refractivity contribution in [1.82, 2.24) is 4.90 Å². The summed E-state index contributed by atoms with van der Waals surface area (Å²) < 4.78 is 0. The van der Waals surface area contributed by atoms with Crippen LogP contribution in [0, 0.1) is 6.92 Å². The summed E-state index contributed by atoms with van der Waals surface area (Å²) in [5.41, 5.74) is 5.06. The van der Waals surface area contributed by atoms with E-state index < -0.39 is 0 Å². The largest absolute Gasteiger partial charge is 0.309 e. The molecule has 0 N–H and O–H groups in total. The number of hydrogen-bond donors (Lipinski definition) is 0. The fourth-order valence-corrected chi connectivity index (χ4v) is 4.03. The van der Waals surface area contributed by atoms with Gasteiger partial charge in [0, 0.05) is 37.8 Å². The maximum absolute atomic E-state index is 12.7. The fraction of sp³-hybridized carbons (Fsp3) is 0.458. The van der Waals surface area contributed by atoms with Gasteiger partial charge in [-0.3, -0.25) is 9.69 Å². The molecule has 0 bridgehead atoms. The molecule has 0 aliphatic carbocycles. The molecule has 1 aliphatic heterocycles. The molecule has 1 saturated heterocycles. The number of aryl methyl sites for hydroxylation is 2. The highest BCUT2D eigenvalue weighted by Crippen LogP contribution is 2.26. The van der Waals surface area contributed by atoms with Gasteiger partial charge >= 0.3 is 0 Å². The molecule has 2 aromatic rings. The molecule has 0 saturated carbocycles. The number of rotatable bonds is 6. The third kappa shape index (κ3) is 4.98. The van der Waals surface area contributed by atoms with Gasteiger partial charge in [-0.15, -0.1) is 0 Å². The molecule has 3 heteroatoms. The minimum absolute atomic E-state index is 0.233.